The lowest BCUT2D eigenvalue weighted by atomic mass is 10.2. The summed E-state index contributed by atoms with van der Waals surface area (Å²) in [7, 11) is 0. The third-order valence-electron chi connectivity index (χ3n) is 4.55. The standard InChI is InChI=1S/C22H17BrF2N4O2/c23-15-3-1-14(2-4-15)13-29-20(9-10-27-29)28-21(30)7-8-22-26-12-19(31-22)17-6-5-16(24)11-18(17)25/h1-6,9-12H,7-8,13H2,(H,28,30). The molecule has 0 aliphatic carbocycles. The molecule has 2 aromatic heterocycles. The Labute approximate surface area is 185 Å². The fourth-order valence-electron chi connectivity index (χ4n) is 2.99. The van der Waals surface area contributed by atoms with Gasteiger partial charge in [-0.1, -0.05) is 28.1 Å². The first-order valence-corrected chi connectivity index (χ1v) is 10.2. The largest absolute Gasteiger partial charge is 0.441 e. The van der Waals surface area contributed by atoms with Crippen LogP contribution in [0, 0.1) is 11.6 Å². The van der Waals surface area contributed by atoms with E-state index >= 15 is 0 Å². The maximum absolute atomic E-state index is 13.9. The smallest absolute Gasteiger partial charge is 0.226 e. The minimum absolute atomic E-state index is 0.112. The van der Waals surface area contributed by atoms with Crippen molar-refractivity contribution in [1.29, 1.82) is 0 Å². The molecule has 31 heavy (non-hydrogen) atoms. The number of amides is 1. The summed E-state index contributed by atoms with van der Waals surface area (Å²) >= 11 is 3.40. The molecule has 2 aromatic carbocycles. The summed E-state index contributed by atoms with van der Waals surface area (Å²) in [5, 5.41) is 7.08. The van der Waals surface area contributed by atoms with Gasteiger partial charge in [-0.3, -0.25) is 4.79 Å². The summed E-state index contributed by atoms with van der Waals surface area (Å²) in [6, 6.07) is 12.8. The fourth-order valence-corrected chi connectivity index (χ4v) is 3.26. The van der Waals surface area contributed by atoms with Gasteiger partial charge in [-0.25, -0.2) is 18.4 Å². The number of halogens is 3. The van der Waals surface area contributed by atoms with Crippen molar-refractivity contribution in [1.82, 2.24) is 14.8 Å². The molecule has 2 heterocycles. The second-order valence-electron chi connectivity index (χ2n) is 6.79. The number of aryl methyl sites for hydroxylation is 1. The molecule has 158 valence electrons. The van der Waals surface area contributed by atoms with Crippen molar-refractivity contribution in [2.24, 2.45) is 0 Å². The average Bonchev–Trinajstić information content (AvgIpc) is 3.38. The van der Waals surface area contributed by atoms with Crippen LogP contribution in [0.25, 0.3) is 11.3 Å². The molecule has 0 fully saturated rings. The second kappa shape index (κ2) is 9.22. The van der Waals surface area contributed by atoms with Gasteiger partial charge in [-0.2, -0.15) is 5.10 Å². The van der Waals surface area contributed by atoms with Crippen LogP contribution in [0.2, 0.25) is 0 Å². The Morgan fingerprint density at radius 1 is 1.13 bits per heavy atom. The zero-order valence-corrected chi connectivity index (χ0v) is 17.8. The van der Waals surface area contributed by atoms with E-state index in [0.717, 1.165) is 22.2 Å². The van der Waals surface area contributed by atoms with Crippen LogP contribution in [0.4, 0.5) is 14.6 Å². The molecule has 0 saturated heterocycles. The fraction of sp³-hybridized carbons (Fsp3) is 0.136. The number of nitrogens with zero attached hydrogens (tertiary/aromatic N) is 3. The number of anilines is 1. The maximum atomic E-state index is 13.9. The lowest BCUT2D eigenvalue weighted by Crippen LogP contribution is -2.16. The Morgan fingerprint density at radius 3 is 2.71 bits per heavy atom. The quantitative estimate of drug-likeness (QED) is 0.389. The Bertz CT molecular complexity index is 1200. The summed E-state index contributed by atoms with van der Waals surface area (Å²) in [5.74, 6) is -0.589. The van der Waals surface area contributed by atoms with Gasteiger partial charge in [-0.15, -0.1) is 0 Å². The van der Waals surface area contributed by atoms with Crippen LogP contribution >= 0.6 is 15.9 Å². The number of carbonyl (C=O) groups excluding carboxylic acids is 1. The maximum Gasteiger partial charge on any atom is 0.226 e. The predicted octanol–water partition coefficient (Wildman–Crippen LogP) is 5.20. The lowest BCUT2D eigenvalue weighted by Gasteiger charge is -2.09. The zero-order valence-electron chi connectivity index (χ0n) is 16.2. The van der Waals surface area contributed by atoms with Gasteiger partial charge < -0.3 is 9.73 Å². The average molecular weight is 487 g/mol. The Kier molecular flexibility index (Phi) is 6.22. The van der Waals surface area contributed by atoms with Gasteiger partial charge in [0.15, 0.2) is 11.7 Å². The molecule has 0 aliphatic rings. The van der Waals surface area contributed by atoms with E-state index in [1.807, 2.05) is 24.3 Å². The van der Waals surface area contributed by atoms with Gasteiger partial charge in [0, 0.05) is 29.4 Å². The number of nitrogens with one attached hydrogen (secondary N) is 1. The number of aromatic nitrogens is 3. The minimum atomic E-state index is -0.737. The highest BCUT2D eigenvalue weighted by Crippen LogP contribution is 2.24. The van der Waals surface area contributed by atoms with Crippen LogP contribution in [0.1, 0.15) is 17.9 Å². The third kappa shape index (κ3) is 5.24. The summed E-state index contributed by atoms with van der Waals surface area (Å²) < 4.78 is 35.1. The van der Waals surface area contributed by atoms with Crippen LogP contribution in [-0.4, -0.2) is 20.7 Å². The first-order chi connectivity index (χ1) is 15.0. The molecule has 1 N–H and O–H groups in total. The van der Waals surface area contributed by atoms with E-state index in [0.29, 0.717) is 12.4 Å². The van der Waals surface area contributed by atoms with Gasteiger partial charge in [0.1, 0.15) is 17.5 Å². The summed E-state index contributed by atoms with van der Waals surface area (Å²) in [6.07, 6.45) is 3.33. The van der Waals surface area contributed by atoms with Crippen molar-refractivity contribution in [3.05, 3.63) is 88.5 Å². The molecule has 6 nitrogen and oxygen atoms in total. The molecule has 4 aromatic rings. The normalized spacial score (nSPS) is 10.9. The van der Waals surface area contributed by atoms with E-state index in [1.165, 1.54) is 12.3 Å². The number of benzene rings is 2. The van der Waals surface area contributed by atoms with E-state index < -0.39 is 11.6 Å². The van der Waals surface area contributed by atoms with Crippen LogP contribution < -0.4 is 5.32 Å². The zero-order chi connectivity index (χ0) is 21.8. The highest BCUT2D eigenvalue weighted by Gasteiger charge is 2.14. The lowest BCUT2D eigenvalue weighted by molar-refractivity contribution is -0.116. The van der Waals surface area contributed by atoms with E-state index in [1.54, 1.807) is 16.9 Å². The minimum Gasteiger partial charge on any atom is -0.441 e. The highest BCUT2D eigenvalue weighted by atomic mass is 79.9. The third-order valence-corrected chi connectivity index (χ3v) is 5.07. The molecule has 1 amide bonds. The molecule has 0 spiro atoms. The first-order valence-electron chi connectivity index (χ1n) is 9.44. The van der Waals surface area contributed by atoms with Crippen molar-refractivity contribution in [3.63, 3.8) is 0 Å². The van der Waals surface area contributed by atoms with E-state index in [9.17, 15) is 13.6 Å². The van der Waals surface area contributed by atoms with Gasteiger partial charge in [0.25, 0.3) is 0 Å². The van der Waals surface area contributed by atoms with Crippen molar-refractivity contribution >= 4 is 27.7 Å². The SMILES string of the molecule is O=C(CCc1ncc(-c2ccc(F)cc2F)o1)Nc1ccnn1Cc1ccc(Br)cc1. The molecule has 0 radical (unpaired) electrons. The van der Waals surface area contributed by atoms with Crippen molar-refractivity contribution in [3.8, 4) is 11.3 Å². The number of rotatable bonds is 7. The highest BCUT2D eigenvalue weighted by molar-refractivity contribution is 9.10. The molecular weight excluding hydrogens is 470 g/mol. The summed E-state index contributed by atoms with van der Waals surface area (Å²) in [5.41, 5.74) is 1.16. The van der Waals surface area contributed by atoms with Crippen molar-refractivity contribution in [2.75, 3.05) is 5.32 Å². The number of hydrogen-bond acceptors (Lipinski definition) is 4. The summed E-state index contributed by atoms with van der Waals surface area (Å²) in [4.78, 5) is 16.4. The Hall–Kier alpha value is -3.33. The molecule has 0 aliphatic heterocycles. The van der Waals surface area contributed by atoms with E-state index in [4.69, 9.17) is 4.42 Å². The summed E-state index contributed by atoms with van der Waals surface area (Å²) in [6.45, 7) is 0.516. The number of oxazole rings is 1. The van der Waals surface area contributed by atoms with Gasteiger partial charge in [-0.05, 0) is 29.8 Å². The van der Waals surface area contributed by atoms with Gasteiger partial charge >= 0.3 is 0 Å². The Balaban J connectivity index is 1.35. The van der Waals surface area contributed by atoms with Crippen LogP contribution in [0.15, 0.2) is 69.8 Å². The van der Waals surface area contributed by atoms with Crippen molar-refractivity contribution in [2.45, 2.75) is 19.4 Å². The number of hydrogen-bond donors (Lipinski definition) is 1. The predicted molar refractivity (Wildman–Crippen MR) is 114 cm³/mol. The molecular formula is C22H17BrF2N4O2. The molecule has 0 unspecified atom stereocenters. The molecule has 0 saturated carbocycles. The second-order valence-corrected chi connectivity index (χ2v) is 7.71. The van der Waals surface area contributed by atoms with Gasteiger partial charge in [0.2, 0.25) is 5.91 Å². The Morgan fingerprint density at radius 2 is 1.94 bits per heavy atom. The van der Waals surface area contributed by atoms with Crippen LogP contribution in [0.5, 0.6) is 0 Å². The topological polar surface area (TPSA) is 73.0 Å². The monoisotopic (exact) mass is 486 g/mol. The van der Waals surface area contributed by atoms with E-state index in [-0.39, 0.29) is 36.0 Å². The van der Waals surface area contributed by atoms with Crippen LogP contribution in [-0.2, 0) is 17.8 Å². The van der Waals surface area contributed by atoms with Crippen LogP contribution in [0.3, 0.4) is 0 Å². The van der Waals surface area contributed by atoms with E-state index in [2.05, 4.69) is 31.3 Å². The van der Waals surface area contributed by atoms with Crippen molar-refractivity contribution < 1.29 is 18.0 Å². The molecule has 0 bridgehead atoms. The molecule has 9 heteroatoms. The molecule has 4 rings (SSSR count). The van der Waals surface area contributed by atoms with Gasteiger partial charge in [0.05, 0.1) is 24.5 Å². The molecule has 0 atom stereocenters. The first kappa shape index (κ1) is 20.9. The number of carbonyl (C=O) groups is 1.